The first-order chi connectivity index (χ1) is 17.4. The molecule has 0 amide bonds. The van der Waals surface area contributed by atoms with Crippen LogP contribution in [0.5, 0.6) is 0 Å². The summed E-state index contributed by atoms with van der Waals surface area (Å²) in [6, 6.07) is 31.0. The molecule has 0 saturated carbocycles. The van der Waals surface area contributed by atoms with Crippen molar-refractivity contribution in [2.45, 2.75) is 55.1 Å². The van der Waals surface area contributed by atoms with Crippen LogP contribution in [0.1, 0.15) is 35.0 Å². The fourth-order valence-electron chi connectivity index (χ4n) is 5.84. The molecule has 0 radical (unpaired) electrons. The predicted octanol–water partition coefficient (Wildman–Crippen LogP) is 5.30. The van der Waals surface area contributed by atoms with Gasteiger partial charge in [0.25, 0.3) is 0 Å². The van der Waals surface area contributed by atoms with E-state index in [0.717, 1.165) is 16.7 Å². The minimum absolute atomic E-state index is 0.00690. The van der Waals surface area contributed by atoms with E-state index in [2.05, 4.69) is 56.0 Å². The molecule has 4 saturated heterocycles. The summed E-state index contributed by atoms with van der Waals surface area (Å²) in [7, 11) is -8.43. The Bertz CT molecular complexity index is 1080. The molecule has 4 aliphatic rings. The van der Waals surface area contributed by atoms with Gasteiger partial charge in [0.15, 0.2) is 0 Å². The minimum Gasteiger partial charge on any atom is -0.413 e. The monoisotopic (exact) mass is 534 g/mol. The summed E-state index contributed by atoms with van der Waals surface area (Å²) in [4.78, 5) is 0. The summed E-state index contributed by atoms with van der Waals surface area (Å²) < 4.78 is 39.8. The fraction of sp³-hybridized carbons (Fsp3) is 0.333. The van der Waals surface area contributed by atoms with Crippen LogP contribution in [0.3, 0.4) is 0 Å². The van der Waals surface area contributed by atoms with Gasteiger partial charge in [-0.15, -0.1) is 0 Å². The molecule has 0 aromatic heterocycles. The third-order valence-corrected chi connectivity index (χ3v) is 21.8. The van der Waals surface area contributed by atoms with Crippen LogP contribution >= 0.6 is 0 Å². The van der Waals surface area contributed by atoms with E-state index >= 15 is 0 Å². The first kappa shape index (κ1) is 23.2. The standard InChI is InChI=1S/C27H30O6Si3/c1-34(25-22(28-25)19-13-7-4-8-14-19)31-35(2,26-23(29-26)20-15-9-5-10-16-20)33-36(3,32-34)27-24(30-27)21-17-11-6-12-18-21/h4-18,22-27H,1-3H3. The number of hydrogen-bond donors (Lipinski definition) is 0. The Labute approximate surface area is 214 Å². The number of epoxide rings is 3. The average molecular weight is 535 g/mol. The zero-order valence-electron chi connectivity index (χ0n) is 20.6. The summed E-state index contributed by atoms with van der Waals surface area (Å²) in [5, 5.41) is 0. The molecule has 6 atom stereocenters. The molecule has 4 fully saturated rings. The number of rotatable bonds is 6. The third-order valence-electron chi connectivity index (χ3n) is 7.63. The molecule has 6 unspecified atom stereocenters. The summed E-state index contributed by atoms with van der Waals surface area (Å²) in [5.41, 5.74) is 3.25. The number of ether oxygens (including phenoxy) is 3. The molecule has 3 aromatic carbocycles. The van der Waals surface area contributed by atoms with Crippen LogP contribution in [0, 0.1) is 0 Å². The normalized spacial score (nSPS) is 43.1. The van der Waals surface area contributed by atoms with E-state index in [1.165, 1.54) is 0 Å². The fourth-order valence-corrected chi connectivity index (χ4v) is 23.3. The Morgan fingerprint density at radius 2 is 0.667 bits per heavy atom. The molecule has 3 aromatic rings. The van der Waals surface area contributed by atoms with Gasteiger partial charge in [0.1, 0.15) is 35.5 Å². The van der Waals surface area contributed by atoms with E-state index in [1.54, 1.807) is 0 Å². The highest BCUT2D eigenvalue weighted by molar-refractivity contribution is 6.95. The van der Waals surface area contributed by atoms with Gasteiger partial charge in [-0.05, 0) is 36.3 Å². The smallest absolute Gasteiger partial charge is 0.350 e. The van der Waals surface area contributed by atoms with E-state index in [0.29, 0.717) is 0 Å². The van der Waals surface area contributed by atoms with Crippen LogP contribution in [-0.2, 0) is 26.6 Å². The number of benzene rings is 3. The molecule has 9 heteroatoms. The van der Waals surface area contributed by atoms with E-state index < -0.39 is 25.7 Å². The Morgan fingerprint density at radius 3 is 0.917 bits per heavy atom. The molecule has 36 heavy (non-hydrogen) atoms. The highest BCUT2D eigenvalue weighted by Gasteiger charge is 2.75. The second-order valence-corrected chi connectivity index (χ2v) is 20.8. The maximum atomic E-state index is 6.99. The Balaban J connectivity index is 1.19. The van der Waals surface area contributed by atoms with Gasteiger partial charge in [0, 0.05) is 0 Å². The zero-order valence-corrected chi connectivity index (χ0v) is 23.6. The zero-order chi connectivity index (χ0) is 24.5. The summed E-state index contributed by atoms with van der Waals surface area (Å²) in [5.74, 6) is 0. The molecule has 4 heterocycles. The molecular formula is C27H30O6Si3. The van der Waals surface area contributed by atoms with Gasteiger partial charge in [-0.2, -0.15) is 0 Å². The first-order valence-electron chi connectivity index (χ1n) is 12.6. The van der Waals surface area contributed by atoms with Gasteiger partial charge in [0.05, 0.1) is 0 Å². The minimum atomic E-state index is -2.81. The van der Waals surface area contributed by atoms with Crippen LogP contribution in [0.25, 0.3) is 0 Å². The van der Waals surface area contributed by atoms with Crippen LogP contribution in [0.15, 0.2) is 91.0 Å². The average Bonchev–Trinajstić information content (AvgIpc) is 3.77. The van der Waals surface area contributed by atoms with Crippen molar-refractivity contribution in [1.29, 1.82) is 0 Å². The Hall–Kier alpha value is -1.93. The first-order valence-corrected chi connectivity index (χ1v) is 19.8. The molecule has 0 bridgehead atoms. The van der Waals surface area contributed by atoms with E-state index in [-0.39, 0.29) is 35.5 Å². The van der Waals surface area contributed by atoms with Crippen LogP contribution in [0.2, 0.25) is 19.6 Å². The van der Waals surface area contributed by atoms with Crippen molar-refractivity contribution in [3.05, 3.63) is 108 Å². The maximum absolute atomic E-state index is 6.99. The lowest BCUT2D eigenvalue weighted by Crippen LogP contribution is -2.73. The lowest BCUT2D eigenvalue weighted by atomic mass is 10.2. The van der Waals surface area contributed by atoms with Crippen molar-refractivity contribution in [3.63, 3.8) is 0 Å². The van der Waals surface area contributed by atoms with E-state index in [9.17, 15) is 0 Å². The van der Waals surface area contributed by atoms with Crippen molar-refractivity contribution in [2.75, 3.05) is 0 Å². The Kier molecular flexibility index (Phi) is 5.34. The molecule has 6 nitrogen and oxygen atoms in total. The van der Waals surface area contributed by atoms with Crippen molar-refractivity contribution in [1.82, 2.24) is 0 Å². The van der Waals surface area contributed by atoms with Gasteiger partial charge in [-0.1, -0.05) is 91.0 Å². The molecule has 0 N–H and O–H groups in total. The van der Waals surface area contributed by atoms with Gasteiger partial charge >= 0.3 is 25.7 Å². The highest BCUT2D eigenvalue weighted by Crippen LogP contribution is 2.56. The third kappa shape index (κ3) is 3.99. The van der Waals surface area contributed by atoms with Crippen LogP contribution in [0.4, 0.5) is 0 Å². The summed E-state index contributed by atoms with van der Waals surface area (Å²) in [6.45, 7) is 6.46. The van der Waals surface area contributed by atoms with Crippen LogP contribution < -0.4 is 0 Å². The van der Waals surface area contributed by atoms with Gasteiger partial charge in [-0.25, -0.2) is 0 Å². The van der Waals surface area contributed by atoms with E-state index in [4.69, 9.17) is 26.6 Å². The second kappa shape index (κ2) is 8.29. The number of hydrogen-bond acceptors (Lipinski definition) is 6. The van der Waals surface area contributed by atoms with Gasteiger partial charge in [-0.3, -0.25) is 0 Å². The van der Waals surface area contributed by atoms with Crippen molar-refractivity contribution in [3.8, 4) is 0 Å². The van der Waals surface area contributed by atoms with Crippen LogP contribution in [-0.4, -0.2) is 42.9 Å². The van der Waals surface area contributed by atoms with Gasteiger partial charge in [0.2, 0.25) is 0 Å². The topological polar surface area (TPSA) is 65.3 Å². The largest absolute Gasteiger partial charge is 0.413 e. The lowest BCUT2D eigenvalue weighted by Gasteiger charge is -2.49. The van der Waals surface area contributed by atoms with Crippen molar-refractivity contribution >= 4 is 25.7 Å². The highest BCUT2D eigenvalue weighted by atomic mass is 28.5. The molecule has 0 aliphatic carbocycles. The molecule has 186 valence electrons. The van der Waals surface area contributed by atoms with Gasteiger partial charge < -0.3 is 26.6 Å². The predicted molar refractivity (Wildman–Crippen MR) is 140 cm³/mol. The molecule has 7 rings (SSSR count). The summed E-state index contributed by atoms with van der Waals surface area (Å²) >= 11 is 0. The summed E-state index contributed by atoms with van der Waals surface area (Å²) in [6.07, 6.45) is -0.0207. The quantitative estimate of drug-likeness (QED) is 0.316. The Morgan fingerprint density at radius 1 is 0.417 bits per heavy atom. The molecular weight excluding hydrogens is 505 g/mol. The van der Waals surface area contributed by atoms with Crippen molar-refractivity contribution < 1.29 is 26.6 Å². The van der Waals surface area contributed by atoms with E-state index in [1.807, 2.05) is 54.6 Å². The SMILES string of the molecule is C[Si]1(C2OC2c2ccccc2)O[Si](C)(C2OC2c2ccccc2)O[Si](C)(C2OC2c2ccccc2)O1. The lowest BCUT2D eigenvalue weighted by molar-refractivity contribution is 0.190. The maximum Gasteiger partial charge on any atom is 0.350 e. The van der Waals surface area contributed by atoms with Crippen molar-refractivity contribution in [2.24, 2.45) is 0 Å². The molecule has 4 aliphatic heterocycles. The molecule has 0 spiro atoms. The second-order valence-electron chi connectivity index (χ2n) is 10.5.